The lowest BCUT2D eigenvalue weighted by Gasteiger charge is -2.18. The Morgan fingerprint density at radius 3 is 2.61 bits per heavy atom. The number of hydrogen-bond donors (Lipinski definition) is 1. The number of carbonyl (C=O) groups is 1. The molecule has 0 spiro atoms. The Bertz CT molecular complexity index is 420. The zero-order valence-corrected chi connectivity index (χ0v) is 11.7. The van der Waals surface area contributed by atoms with Gasteiger partial charge in [0.05, 0.1) is 0 Å². The molecule has 0 heterocycles. The molecule has 0 aliphatic rings. The highest BCUT2D eigenvalue weighted by Crippen LogP contribution is 2.11. The minimum Gasteiger partial charge on any atom is -0.348 e. The van der Waals surface area contributed by atoms with E-state index in [4.69, 9.17) is 11.6 Å². The van der Waals surface area contributed by atoms with Crippen LogP contribution in [0.25, 0.3) is 0 Å². The summed E-state index contributed by atoms with van der Waals surface area (Å²) in [6.07, 6.45) is 0.809. The third-order valence-corrected chi connectivity index (χ3v) is 3.08. The van der Waals surface area contributed by atoms with Crippen LogP contribution < -0.4 is 5.32 Å². The summed E-state index contributed by atoms with van der Waals surface area (Å²) in [4.78, 5) is 11.9. The van der Waals surface area contributed by atoms with Gasteiger partial charge in [-0.1, -0.05) is 19.9 Å². The van der Waals surface area contributed by atoms with Gasteiger partial charge in [-0.05, 0) is 37.0 Å². The second-order valence-corrected chi connectivity index (χ2v) is 5.23. The van der Waals surface area contributed by atoms with E-state index in [9.17, 15) is 9.18 Å². The number of carbonyl (C=O) groups excluding carboxylic acids is 1. The van der Waals surface area contributed by atoms with Crippen molar-refractivity contribution in [2.24, 2.45) is 5.92 Å². The second kappa shape index (κ2) is 6.74. The number of hydrogen-bond acceptors (Lipinski definition) is 1. The molecule has 0 radical (unpaired) electrons. The van der Waals surface area contributed by atoms with Crippen LogP contribution in [0.1, 0.15) is 36.2 Å². The largest absolute Gasteiger partial charge is 0.348 e. The van der Waals surface area contributed by atoms with E-state index in [1.807, 2.05) is 0 Å². The number of halogens is 2. The first-order chi connectivity index (χ1) is 8.43. The third kappa shape index (κ3) is 4.30. The van der Waals surface area contributed by atoms with E-state index in [0.717, 1.165) is 6.42 Å². The number of amides is 1. The fourth-order valence-corrected chi connectivity index (χ4v) is 1.94. The highest BCUT2D eigenvalue weighted by Gasteiger charge is 2.15. The van der Waals surface area contributed by atoms with Crippen molar-refractivity contribution in [2.45, 2.75) is 33.2 Å². The van der Waals surface area contributed by atoms with Crippen LogP contribution >= 0.6 is 11.6 Å². The van der Waals surface area contributed by atoms with E-state index in [-0.39, 0.29) is 17.8 Å². The number of benzene rings is 1. The highest BCUT2D eigenvalue weighted by atomic mass is 35.5. The molecule has 100 valence electrons. The second-order valence-electron chi connectivity index (χ2n) is 4.92. The average molecular weight is 272 g/mol. The summed E-state index contributed by atoms with van der Waals surface area (Å²) in [5, 5.41) is 2.82. The normalized spacial score (nSPS) is 12.6. The van der Waals surface area contributed by atoms with Crippen molar-refractivity contribution >= 4 is 17.5 Å². The molecule has 2 nitrogen and oxygen atoms in total. The smallest absolute Gasteiger partial charge is 0.251 e. The van der Waals surface area contributed by atoms with E-state index in [1.54, 1.807) is 19.1 Å². The van der Waals surface area contributed by atoms with Gasteiger partial charge in [0.2, 0.25) is 0 Å². The van der Waals surface area contributed by atoms with Crippen molar-refractivity contribution in [3.05, 3.63) is 35.1 Å². The molecule has 1 amide bonds. The van der Waals surface area contributed by atoms with Crippen molar-refractivity contribution in [2.75, 3.05) is 5.88 Å². The maximum Gasteiger partial charge on any atom is 0.251 e. The Balaban J connectivity index is 2.71. The molecule has 0 fully saturated rings. The van der Waals surface area contributed by atoms with E-state index in [2.05, 4.69) is 19.2 Å². The molecular weight excluding hydrogens is 253 g/mol. The molecule has 0 aliphatic heterocycles. The van der Waals surface area contributed by atoms with E-state index >= 15 is 0 Å². The quantitative estimate of drug-likeness (QED) is 0.816. The molecule has 18 heavy (non-hydrogen) atoms. The van der Waals surface area contributed by atoms with Crippen LogP contribution in [0.5, 0.6) is 0 Å². The minimum atomic E-state index is -0.367. The Morgan fingerprint density at radius 2 is 2.11 bits per heavy atom. The minimum absolute atomic E-state index is 0.0801. The lowest BCUT2D eigenvalue weighted by molar-refractivity contribution is 0.0936. The molecule has 1 atom stereocenters. The maximum atomic E-state index is 13.4. The standard InChI is InChI=1S/C14H19ClFNO/c1-9(2)6-12(8-15)17-14(18)11-5-4-10(3)13(16)7-11/h4-5,7,9,12H,6,8H2,1-3H3,(H,17,18). The van der Waals surface area contributed by atoms with Gasteiger partial charge in [-0.2, -0.15) is 0 Å². The Labute approximate surface area is 113 Å². The van der Waals surface area contributed by atoms with E-state index in [1.165, 1.54) is 6.07 Å². The average Bonchev–Trinajstić information content (AvgIpc) is 2.31. The lowest BCUT2D eigenvalue weighted by Crippen LogP contribution is -2.37. The predicted molar refractivity (Wildman–Crippen MR) is 72.6 cm³/mol. The zero-order chi connectivity index (χ0) is 13.7. The molecule has 0 bridgehead atoms. The molecule has 0 aromatic heterocycles. The van der Waals surface area contributed by atoms with Gasteiger partial charge in [0.15, 0.2) is 0 Å². The first kappa shape index (κ1) is 15.0. The van der Waals surface area contributed by atoms with Crippen LogP contribution in [0.2, 0.25) is 0 Å². The molecule has 1 N–H and O–H groups in total. The van der Waals surface area contributed by atoms with Gasteiger partial charge in [0.25, 0.3) is 5.91 Å². The van der Waals surface area contributed by atoms with Crippen LogP contribution in [0, 0.1) is 18.7 Å². The lowest BCUT2D eigenvalue weighted by atomic mass is 10.0. The number of alkyl halides is 1. The number of aryl methyl sites for hydroxylation is 1. The summed E-state index contributed by atoms with van der Waals surface area (Å²) in [7, 11) is 0. The number of nitrogens with one attached hydrogen (secondary N) is 1. The van der Waals surface area contributed by atoms with Gasteiger partial charge in [-0.25, -0.2) is 4.39 Å². The van der Waals surface area contributed by atoms with Crippen molar-refractivity contribution in [3.63, 3.8) is 0 Å². The first-order valence-corrected chi connectivity index (χ1v) is 6.60. The Morgan fingerprint density at radius 1 is 1.44 bits per heavy atom. The summed E-state index contributed by atoms with van der Waals surface area (Å²) < 4.78 is 13.4. The zero-order valence-electron chi connectivity index (χ0n) is 11.0. The number of rotatable bonds is 5. The van der Waals surface area contributed by atoms with E-state index in [0.29, 0.717) is 22.9 Å². The van der Waals surface area contributed by atoms with Gasteiger partial charge in [0.1, 0.15) is 5.82 Å². The van der Waals surface area contributed by atoms with Gasteiger partial charge in [-0.15, -0.1) is 11.6 Å². The van der Waals surface area contributed by atoms with Crippen LogP contribution in [0.15, 0.2) is 18.2 Å². The molecule has 0 aliphatic carbocycles. The van der Waals surface area contributed by atoms with Crippen molar-refractivity contribution in [1.29, 1.82) is 0 Å². The molecule has 1 aromatic carbocycles. The molecule has 1 aromatic rings. The summed E-state index contributed by atoms with van der Waals surface area (Å²) >= 11 is 5.81. The van der Waals surface area contributed by atoms with Gasteiger partial charge < -0.3 is 5.32 Å². The Kier molecular flexibility index (Phi) is 5.60. The van der Waals surface area contributed by atoms with E-state index < -0.39 is 0 Å². The molecule has 0 saturated carbocycles. The fraction of sp³-hybridized carbons (Fsp3) is 0.500. The third-order valence-electron chi connectivity index (χ3n) is 2.71. The first-order valence-electron chi connectivity index (χ1n) is 6.07. The van der Waals surface area contributed by atoms with Gasteiger partial charge in [-0.3, -0.25) is 4.79 Å². The van der Waals surface area contributed by atoms with Crippen LogP contribution in [0.3, 0.4) is 0 Å². The summed E-state index contributed by atoms with van der Waals surface area (Å²) in [5.74, 6) is 0.163. The summed E-state index contributed by atoms with van der Waals surface area (Å²) in [6, 6.07) is 4.39. The Hall–Kier alpha value is -1.09. The monoisotopic (exact) mass is 271 g/mol. The van der Waals surface area contributed by atoms with Crippen LogP contribution in [0.4, 0.5) is 4.39 Å². The topological polar surface area (TPSA) is 29.1 Å². The van der Waals surface area contributed by atoms with Crippen molar-refractivity contribution in [1.82, 2.24) is 5.32 Å². The molecule has 1 unspecified atom stereocenters. The summed E-state index contributed by atoms with van der Waals surface area (Å²) in [5.41, 5.74) is 0.861. The molecule has 0 saturated heterocycles. The molecule has 1 rings (SSSR count). The van der Waals surface area contributed by atoms with Crippen molar-refractivity contribution < 1.29 is 9.18 Å². The fourth-order valence-electron chi connectivity index (χ4n) is 1.73. The van der Waals surface area contributed by atoms with Crippen LogP contribution in [-0.2, 0) is 0 Å². The summed E-state index contributed by atoms with van der Waals surface area (Å²) in [6.45, 7) is 5.80. The highest BCUT2D eigenvalue weighted by molar-refractivity contribution is 6.18. The molecular formula is C14H19ClFNO. The predicted octanol–water partition coefficient (Wildman–Crippen LogP) is 3.52. The SMILES string of the molecule is Cc1ccc(C(=O)NC(CCl)CC(C)C)cc1F. The maximum absolute atomic E-state index is 13.4. The van der Waals surface area contributed by atoms with Gasteiger partial charge in [0, 0.05) is 17.5 Å². The van der Waals surface area contributed by atoms with Gasteiger partial charge >= 0.3 is 0 Å². The molecule has 4 heteroatoms. The van der Waals surface area contributed by atoms with Crippen molar-refractivity contribution in [3.8, 4) is 0 Å². The van der Waals surface area contributed by atoms with Crippen LogP contribution in [-0.4, -0.2) is 17.8 Å².